The second kappa shape index (κ2) is 7.73. The number of aromatic amines is 1. The smallest absolute Gasteiger partial charge is 0.218 e. The first kappa shape index (κ1) is 20.0. The number of nitrogens with two attached hydrogens (primary N) is 1. The Labute approximate surface area is 165 Å². The van der Waals surface area contributed by atoms with Crippen molar-refractivity contribution in [3.05, 3.63) is 94.8 Å². The molecular formula is C22H24N2O3S. The van der Waals surface area contributed by atoms with Gasteiger partial charge in [0.15, 0.2) is 0 Å². The standard InChI is InChI=1S/C22H24N2O3S/c1-16-8-10-17(11-9-16)21(25)20-13-12-19(24-20)14-15-22(2,28(23,26)27)18-6-4-3-5-7-18/h3-13,24H,14-15H2,1-2H3,(H2,23,26,27). The van der Waals surface area contributed by atoms with Gasteiger partial charge in [0.05, 0.1) is 5.69 Å². The van der Waals surface area contributed by atoms with Crippen LogP contribution >= 0.6 is 0 Å². The maximum absolute atomic E-state index is 12.6. The van der Waals surface area contributed by atoms with Crippen molar-refractivity contribution in [2.45, 2.75) is 31.4 Å². The number of aromatic nitrogens is 1. The maximum atomic E-state index is 12.6. The topological polar surface area (TPSA) is 93.0 Å². The van der Waals surface area contributed by atoms with Crippen LogP contribution in [0.4, 0.5) is 0 Å². The fraction of sp³-hybridized carbons (Fsp3) is 0.227. The highest BCUT2D eigenvalue weighted by Gasteiger charge is 2.38. The van der Waals surface area contributed by atoms with Gasteiger partial charge in [-0.3, -0.25) is 4.79 Å². The number of ketones is 1. The number of carbonyl (C=O) groups excluding carboxylic acids is 1. The van der Waals surface area contributed by atoms with E-state index in [1.807, 2.05) is 31.2 Å². The molecule has 0 amide bonds. The molecule has 0 aliphatic carbocycles. The Morgan fingerprint density at radius 3 is 2.25 bits per heavy atom. The maximum Gasteiger partial charge on any atom is 0.218 e. The van der Waals surface area contributed by atoms with Crippen LogP contribution in [0.15, 0.2) is 66.7 Å². The third-order valence-electron chi connectivity index (χ3n) is 5.19. The molecule has 146 valence electrons. The lowest BCUT2D eigenvalue weighted by Crippen LogP contribution is -2.38. The molecule has 1 atom stereocenters. The van der Waals surface area contributed by atoms with Crippen molar-refractivity contribution in [1.82, 2.24) is 4.98 Å². The van der Waals surface area contributed by atoms with E-state index in [1.165, 1.54) is 0 Å². The molecule has 3 aromatic rings. The second-order valence-electron chi connectivity index (χ2n) is 7.23. The molecule has 0 spiro atoms. The van der Waals surface area contributed by atoms with Crippen LogP contribution < -0.4 is 5.14 Å². The summed E-state index contributed by atoms with van der Waals surface area (Å²) < 4.78 is 23.4. The predicted octanol–water partition coefficient (Wildman–Crippen LogP) is 3.69. The number of rotatable bonds is 7. The van der Waals surface area contributed by atoms with E-state index in [-0.39, 0.29) is 5.78 Å². The molecule has 0 saturated heterocycles. The van der Waals surface area contributed by atoms with Gasteiger partial charge in [-0.1, -0.05) is 60.2 Å². The average molecular weight is 397 g/mol. The molecule has 0 aliphatic heterocycles. The molecule has 0 saturated carbocycles. The summed E-state index contributed by atoms with van der Waals surface area (Å²) in [4.78, 5) is 15.7. The zero-order valence-electron chi connectivity index (χ0n) is 16.0. The van der Waals surface area contributed by atoms with Crippen LogP contribution in [0.1, 0.15) is 46.2 Å². The number of sulfonamides is 1. The van der Waals surface area contributed by atoms with Crippen LogP contribution in [0.2, 0.25) is 0 Å². The van der Waals surface area contributed by atoms with Crippen LogP contribution in [0.3, 0.4) is 0 Å². The molecule has 0 aliphatic rings. The van der Waals surface area contributed by atoms with Gasteiger partial charge in [-0.05, 0) is 44.4 Å². The van der Waals surface area contributed by atoms with Crippen molar-refractivity contribution in [2.24, 2.45) is 5.14 Å². The molecule has 1 unspecified atom stereocenters. The zero-order chi connectivity index (χ0) is 20.4. The molecule has 1 heterocycles. The summed E-state index contributed by atoms with van der Waals surface area (Å²) >= 11 is 0. The van der Waals surface area contributed by atoms with E-state index >= 15 is 0 Å². The summed E-state index contributed by atoms with van der Waals surface area (Å²) in [5.74, 6) is -0.0940. The highest BCUT2D eigenvalue weighted by molar-refractivity contribution is 7.90. The van der Waals surface area contributed by atoms with Crippen molar-refractivity contribution in [3.63, 3.8) is 0 Å². The number of nitrogens with one attached hydrogen (secondary N) is 1. The quantitative estimate of drug-likeness (QED) is 0.597. The van der Waals surface area contributed by atoms with Gasteiger partial charge in [0.25, 0.3) is 0 Å². The summed E-state index contributed by atoms with van der Waals surface area (Å²) in [5.41, 5.74) is 3.63. The van der Waals surface area contributed by atoms with E-state index in [0.717, 1.165) is 11.3 Å². The van der Waals surface area contributed by atoms with Gasteiger partial charge < -0.3 is 4.98 Å². The molecular weight excluding hydrogens is 372 g/mol. The minimum atomic E-state index is -3.83. The third kappa shape index (κ3) is 4.08. The number of H-pyrrole nitrogens is 1. The second-order valence-corrected chi connectivity index (χ2v) is 9.23. The van der Waals surface area contributed by atoms with Crippen molar-refractivity contribution < 1.29 is 13.2 Å². The Morgan fingerprint density at radius 1 is 1.00 bits per heavy atom. The molecule has 28 heavy (non-hydrogen) atoms. The number of carbonyl (C=O) groups is 1. The SMILES string of the molecule is Cc1ccc(C(=O)c2ccc(CCC(C)(c3ccccc3)S(N)(=O)=O)[nH]2)cc1. The summed E-state index contributed by atoms with van der Waals surface area (Å²) in [6, 6.07) is 19.9. The molecule has 0 radical (unpaired) electrons. The van der Waals surface area contributed by atoms with E-state index in [1.54, 1.807) is 49.4 Å². The number of hydrogen-bond acceptors (Lipinski definition) is 3. The van der Waals surface area contributed by atoms with Gasteiger partial charge in [0.2, 0.25) is 15.8 Å². The molecule has 0 bridgehead atoms. The first-order chi connectivity index (χ1) is 13.2. The largest absolute Gasteiger partial charge is 0.356 e. The summed E-state index contributed by atoms with van der Waals surface area (Å²) in [6.45, 7) is 3.61. The number of aryl methyl sites for hydroxylation is 2. The van der Waals surface area contributed by atoms with Gasteiger partial charge in [0, 0.05) is 11.3 Å². The van der Waals surface area contributed by atoms with Crippen LogP contribution in [-0.2, 0) is 21.2 Å². The number of hydrogen-bond donors (Lipinski definition) is 2. The first-order valence-electron chi connectivity index (χ1n) is 9.08. The Bertz CT molecular complexity index is 1070. The van der Waals surface area contributed by atoms with E-state index < -0.39 is 14.8 Å². The van der Waals surface area contributed by atoms with Crippen molar-refractivity contribution in [2.75, 3.05) is 0 Å². The van der Waals surface area contributed by atoms with Crippen LogP contribution in [-0.4, -0.2) is 19.2 Å². The van der Waals surface area contributed by atoms with Crippen molar-refractivity contribution in [3.8, 4) is 0 Å². The van der Waals surface area contributed by atoms with Gasteiger partial charge in [0.1, 0.15) is 4.75 Å². The minimum Gasteiger partial charge on any atom is -0.356 e. The highest BCUT2D eigenvalue weighted by Crippen LogP contribution is 2.33. The molecule has 3 N–H and O–H groups in total. The van der Waals surface area contributed by atoms with E-state index in [4.69, 9.17) is 5.14 Å². The Hall–Kier alpha value is -2.70. The van der Waals surface area contributed by atoms with E-state index in [0.29, 0.717) is 29.7 Å². The molecule has 3 rings (SSSR count). The molecule has 0 fully saturated rings. The fourth-order valence-corrected chi connectivity index (χ4v) is 4.04. The molecule has 6 heteroatoms. The van der Waals surface area contributed by atoms with Gasteiger partial charge in [-0.2, -0.15) is 0 Å². The predicted molar refractivity (Wildman–Crippen MR) is 111 cm³/mol. The van der Waals surface area contributed by atoms with Crippen molar-refractivity contribution >= 4 is 15.8 Å². The normalized spacial score (nSPS) is 13.8. The average Bonchev–Trinajstić information content (AvgIpc) is 3.15. The number of primary sulfonamides is 1. The Morgan fingerprint density at radius 2 is 1.64 bits per heavy atom. The molecule has 1 aromatic heterocycles. The number of benzene rings is 2. The highest BCUT2D eigenvalue weighted by atomic mass is 32.2. The summed E-state index contributed by atoms with van der Waals surface area (Å²) in [5, 5.41) is 5.56. The van der Waals surface area contributed by atoms with Crippen LogP contribution in [0.5, 0.6) is 0 Å². The first-order valence-corrected chi connectivity index (χ1v) is 10.6. The van der Waals surface area contributed by atoms with Crippen LogP contribution in [0, 0.1) is 6.92 Å². The van der Waals surface area contributed by atoms with Gasteiger partial charge in [-0.25, -0.2) is 13.6 Å². The Balaban J connectivity index is 1.79. The monoisotopic (exact) mass is 396 g/mol. The zero-order valence-corrected chi connectivity index (χ0v) is 16.8. The third-order valence-corrected chi connectivity index (χ3v) is 6.88. The molecule has 5 nitrogen and oxygen atoms in total. The van der Waals surface area contributed by atoms with Gasteiger partial charge in [-0.15, -0.1) is 0 Å². The van der Waals surface area contributed by atoms with Gasteiger partial charge >= 0.3 is 0 Å². The van der Waals surface area contributed by atoms with Crippen LogP contribution in [0.25, 0.3) is 0 Å². The lowest BCUT2D eigenvalue weighted by molar-refractivity contribution is 0.103. The summed E-state index contributed by atoms with van der Waals surface area (Å²) in [7, 11) is -3.83. The molecule has 2 aromatic carbocycles. The minimum absolute atomic E-state index is 0.0940. The fourth-order valence-electron chi connectivity index (χ4n) is 3.19. The van der Waals surface area contributed by atoms with E-state index in [9.17, 15) is 13.2 Å². The lowest BCUT2D eigenvalue weighted by atomic mass is 9.94. The summed E-state index contributed by atoms with van der Waals surface area (Å²) in [6.07, 6.45) is 0.748. The lowest BCUT2D eigenvalue weighted by Gasteiger charge is -2.27. The Kier molecular flexibility index (Phi) is 5.54. The van der Waals surface area contributed by atoms with E-state index in [2.05, 4.69) is 4.98 Å². The van der Waals surface area contributed by atoms with Crippen molar-refractivity contribution in [1.29, 1.82) is 0 Å².